The van der Waals surface area contributed by atoms with Crippen LogP contribution in [-0.4, -0.2) is 6.54 Å². The van der Waals surface area contributed by atoms with Crippen LogP contribution in [0.25, 0.3) is 0 Å². The summed E-state index contributed by atoms with van der Waals surface area (Å²) in [6, 6.07) is 10.2. The summed E-state index contributed by atoms with van der Waals surface area (Å²) in [5.74, 6) is 0.971. The van der Waals surface area contributed by atoms with E-state index in [9.17, 15) is 0 Å². The van der Waals surface area contributed by atoms with Crippen LogP contribution in [0.15, 0.2) is 41.0 Å². The van der Waals surface area contributed by atoms with Crippen molar-refractivity contribution < 1.29 is 4.42 Å². The number of furan rings is 1. The minimum Gasteiger partial charge on any atom is -0.469 e. The molecule has 0 fully saturated rings. The molecule has 1 atom stereocenters. The summed E-state index contributed by atoms with van der Waals surface area (Å²) in [6.07, 6.45) is 2.51. The van der Waals surface area contributed by atoms with Crippen molar-refractivity contribution >= 4 is 11.6 Å². The summed E-state index contributed by atoms with van der Waals surface area (Å²) >= 11 is 6.39. The number of halogens is 1. The molecule has 0 amide bonds. The van der Waals surface area contributed by atoms with E-state index in [0.29, 0.717) is 0 Å². The highest BCUT2D eigenvalue weighted by molar-refractivity contribution is 6.32. The number of likely N-dealkylation sites (N-methyl/N-ethyl adjacent to an activating group) is 1. The second kappa shape index (κ2) is 6.07. The van der Waals surface area contributed by atoms with Gasteiger partial charge in [0.15, 0.2) is 0 Å². The van der Waals surface area contributed by atoms with Crippen LogP contribution in [-0.2, 0) is 6.42 Å². The maximum absolute atomic E-state index is 6.39. The van der Waals surface area contributed by atoms with Crippen molar-refractivity contribution in [2.24, 2.45) is 0 Å². The molecule has 1 aromatic carbocycles. The van der Waals surface area contributed by atoms with E-state index in [0.717, 1.165) is 34.9 Å². The normalized spacial score (nSPS) is 12.6. The Balaban J connectivity index is 2.26. The molecule has 0 spiro atoms. The average molecular weight is 264 g/mol. The largest absolute Gasteiger partial charge is 0.469 e. The summed E-state index contributed by atoms with van der Waals surface area (Å²) in [5.41, 5.74) is 2.24. The lowest BCUT2D eigenvalue weighted by atomic mass is 10.0. The molecule has 0 bridgehead atoms. The van der Waals surface area contributed by atoms with E-state index in [4.69, 9.17) is 16.0 Å². The predicted molar refractivity (Wildman–Crippen MR) is 75.0 cm³/mol. The third-order valence-electron chi connectivity index (χ3n) is 3.03. The molecule has 2 rings (SSSR count). The van der Waals surface area contributed by atoms with Crippen molar-refractivity contribution in [1.29, 1.82) is 0 Å². The first kappa shape index (κ1) is 13.2. The number of hydrogen-bond donors (Lipinski definition) is 1. The highest BCUT2D eigenvalue weighted by atomic mass is 35.5. The number of nitrogens with one attached hydrogen (secondary N) is 1. The van der Waals surface area contributed by atoms with Crippen LogP contribution < -0.4 is 5.32 Å². The molecule has 0 aliphatic heterocycles. The first-order valence-electron chi connectivity index (χ1n) is 6.23. The number of benzene rings is 1. The van der Waals surface area contributed by atoms with Gasteiger partial charge in [0.05, 0.1) is 6.26 Å². The second-order valence-corrected chi connectivity index (χ2v) is 4.75. The zero-order valence-corrected chi connectivity index (χ0v) is 11.5. The highest BCUT2D eigenvalue weighted by Crippen LogP contribution is 2.28. The Morgan fingerprint density at radius 1 is 1.28 bits per heavy atom. The minimum atomic E-state index is 0.188. The summed E-state index contributed by atoms with van der Waals surface area (Å²) in [4.78, 5) is 0. The van der Waals surface area contributed by atoms with Gasteiger partial charge in [-0.05, 0) is 36.7 Å². The van der Waals surface area contributed by atoms with Gasteiger partial charge in [0.1, 0.15) is 5.76 Å². The Labute approximate surface area is 113 Å². The Morgan fingerprint density at radius 3 is 2.78 bits per heavy atom. The quantitative estimate of drug-likeness (QED) is 0.877. The van der Waals surface area contributed by atoms with E-state index in [2.05, 4.69) is 18.3 Å². The van der Waals surface area contributed by atoms with Crippen molar-refractivity contribution in [1.82, 2.24) is 5.32 Å². The molecule has 0 aliphatic rings. The number of hydrogen-bond acceptors (Lipinski definition) is 2. The van der Waals surface area contributed by atoms with E-state index in [1.807, 2.05) is 31.2 Å². The molecule has 18 heavy (non-hydrogen) atoms. The van der Waals surface area contributed by atoms with Crippen molar-refractivity contribution in [3.05, 3.63) is 58.5 Å². The van der Waals surface area contributed by atoms with Gasteiger partial charge in [-0.25, -0.2) is 0 Å². The fraction of sp³-hybridized carbons (Fsp3) is 0.333. The molecule has 0 saturated heterocycles. The lowest BCUT2D eigenvalue weighted by Crippen LogP contribution is -2.23. The maximum Gasteiger partial charge on any atom is 0.105 e. The third-order valence-corrected chi connectivity index (χ3v) is 3.55. The van der Waals surface area contributed by atoms with Crippen LogP contribution in [0.1, 0.15) is 29.9 Å². The molecule has 1 unspecified atom stereocenters. The molecule has 0 radical (unpaired) electrons. The Kier molecular flexibility index (Phi) is 4.45. The molecular formula is C15H18ClNO. The zero-order valence-electron chi connectivity index (χ0n) is 10.7. The van der Waals surface area contributed by atoms with Crippen LogP contribution in [0, 0.1) is 6.92 Å². The van der Waals surface area contributed by atoms with Crippen LogP contribution >= 0.6 is 11.6 Å². The van der Waals surface area contributed by atoms with Gasteiger partial charge in [0, 0.05) is 17.5 Å². The summed E-state index contributed by atoms with van der Waals surface area (Å²) in [5, 5.41) is 4.30. The molecule has 0 saturated carbocycles. The Hall–Kier alpha value is -1.25. The molecule has 2 nitrogen and oxygen atoms in total. The fourth-order valence-electron chi connectivity index (χ4n) is 2.11. The van der Waals surface area contributed by atoms with E-state index in [-0.39, 0.29) is 6.04 Å². The lowest BCUT2D eigenvalue weighted by Gasteiger charge is -2.19. The molecule has 96 valence electrons. The van der Waals surface area contributed by atoms with Crippen molar-refractivity contribution in [3.63, 3.8) is 0 Å². The third kappa shape index (κ3) is 2.95. The molecule has 1 N–H and O–H groups in total. The molecular weight excluding hydrogens is 246 g/mol. The van der Waals surface area contributed by atoms with E-state index in [1.54, 1.807) is 6.26 Å². The summed E-state index contributed by atoms with van der Waals surface area (Å²) in [6.45, 7) is 5.02. The van der Waals surface area contributed by atoms with Crippen LogP contribution in [0.5, 0.6) is 0 Å². The maximum atomic E-state index is 6.39. The van der Waals surface area contributed by atoms with Crippen molar-refractivity contribution in [2.75, 3.05) is 6.54 Å². The molecule has 0 aliphatic carbocycles. The topological polar surface area (TPSA) is 25.2 Å². The lowest BCUT2D eigenvalue weighted by molar-refractivity contribution is 0.455. The Bertz CT molecular complexity index is 493. The van der Waals surface area contributed by atoms with Crippen LogP contribution in [0.2, 0.25) is 5.02 Å². The molecule has 1 heterocycles. The number of rotatable bonds is 5. The van der Waals surface area contributed by atoms with Crippen LogP contribution in [0.4, 0.5) is 0 Å². The molecule has 2 aromatic rings. The summed E-state index contributed by atoms with van der Waals surface area (Å²) < 4.78 is 5.42. The van der Waals surface area contributed by atoms with Gasteiger partial charge >= 0.3 is 0 Å². The predicted octanol–water partition coefficient (Wildman–Crippen LogP) is 4.13. The monoisotopic (exact) mass is 263 g/mol. The first-order chi connectivity index (χ1) is 8.72. The highest BCUT2D eigenvalue weighted by Gasteiger charge is 2.16. The van der Waals surface area contributed by atoms with Gasteiger partial charge in [-0.3, -0.25) is 0 Å². The minimum absolute atomic E-state index is 0.188. The van der Waals surface area contributed by atoms with Gasteiger partial charge in [-0.15, -0.1) is 0 Å². The molecule has 1 aromatic heterocycles. The van der Waals surface area contributed by atoms with Gasteiger partial charge in [-0.1, -0.05) is 36.7 Å². The van der Waals surface area contributed by atoms with Gasteiger partial charge < -0.3 is 9.73 Å². The standard InChI is InChI=1S/C15H18ClNO/c1-3-17-14(10-12-7-5-9-18-12)13-8-4-6-11(2)15(13)16/h4-9,14,17H,3,10H2,1-2H3. The fourth-order valence-corrected chi connectivity index (χ4v) is 2.37. The first-order valence-corrected chi connectivity index (χ1v) is 6.61. The van der Waals surface area contributed by atoms with Gasteiger partial charge in [-0.2, -0.15) is 0 Å². The van der Waals surface area contributed by atoms with Gasteiger partial charge in [0.25, 0.3) is 0 Å². The van der Waals surface area contributed by atoms with E-state index >= 15 is 0 Å². The average Bonchev–Trinajstić information content (AvgIpc) is 2.85. The van der Waals surface area contributed by atoms with E-state index < -0.39 is 0 Å². The molecule has 3 heteroatoms. The Morgan fingerprint density at radius 2 is 2.11 bits per heavy atom. The van der Waals surface area contributed by atoms with Gasteiger partial charge in [0.2, 0.25) is 0 Å². The smallest absolute Gasteiger partial charge is 0.105 e. The van der Waals surface area contributed by atoms with Crippen molar-refractivity contribution in [3.8, 4) is 0 Å². The zero-order chi connectivity index (χ0) is 13.0. The summed E-state index contributed by atoms with van der Waals surface area (Å²) in [7, 11) is 0. The second-order valence-electron chi connectivity index (χ2n) is 4.37. The number of aryl methyl sites for hydroxylation is 1. The SMILES string of the molecule is CCNC(Cc1ccco1)c1cccc(C)c1Cl. The van der Waals surface area contributed by atoms with E-state index in [1.165, 1.54) is 0 Å². The van der Waals surface area contributed by atoms with Crippen LogP contribution in [0.3, 0.4) is 0 Å². The van der Waals surface area contributed by atoms with Crippen molar-refractivity contribution in [2.45, 2.75) is 26.3 Å².